The van der Waals surface area contributed by atoms with Crippen LogP contribution in [0.2, 0.25) is 25.7 Å². The molecule has 0 saturated carbocycles. The Balaban J connectivity index is 1.79. The molecule has 0 radical (unpaired) electrons. The summed E-state index contributed by atoms with van der Waals surface area (Å²) >= 11 is 3.33. The monoisotopic (exact) mass is 465 g/mol. The second-order valence-electron chi connectivity index (χ2n) is 7.79. The minimum Gasteiger partial charge on any atom is -0.447 e. The first kappa shape index (κ1) is 20.7. The summed E-state index contributed by atoms with van der Waals surface area (Å²) in [5, 5.41) is 2.88. The van der Waals surface area contributed by atoms with Gasteiger partial charge in [0.05, 0.1) is 18.0 Å². The van der Waals surface area contributed by atoms with E-state index in [9.17, 15) is 4.79 Å². The molecule has 0 fully saturated rings. The summed E-state index contributed by atoms with van der Waals surface area (Å²) in [4.78, 5) is 25.8. The highest BCUT2D eigenvalue weighted by atomic mass is 79.9. The van der Waals surface area contributed by atoms with E-state index in [0.29, 0.717) is 40.6 Å². The molecule has 0 aliphatic carbocycles. The molecular weight excluding hydrogens is 442 g/mol. The molecular formula is C18H24BrN5O3Si. The Kier molecular flexibility index (Phi) is 6.31. The number of halogens is 1. The predicted octanol–water partition coefficient (Wildman–Crippen LogP) is 3.99. The molecule has 0 saturated heterocycles. The number of nitrogens with zero attached hydrogens (tertiary/aromatic N) is 4. The van der Waals surface area contributed by atoms with Gasteiger partial charge in [-0.25, -0.2) is 15.0 Å². The standard InChI is InChI=1S/C18H24BrN5O3Si/c1-12(18-20-5-6-27-18)22-17(25)13-10-24(11-26-7-8-28(2,3)4)16-15(13)23-14(19)9-21-16/h5-6,9-10,12H,7-8,11H2,1-4H3,(H,22,25). The maximum atomic E-state index is 12.8. The van der Waals surface area contributed by atoms with Crippen LogP contribution in [0.15, 0.2) is 33.9 Å². The first-order valence-electron chi connectivity index (χ1n) is 9.04. The number of carbonyl (C=O) groups is 1. The quantitative estimate of drug-likeness (QED) is 0.399. The molecule has 3 aromatic rings. The van der Waals surface area contributed by atoms with Crippen molar-refractivity contribution in [2.75, 3.05) is 6.61 Å². The van der Waals surface area contributed by atoms with Gasteiger partial charge < -0.3 is 19.0 Å². The number of hydrogen-bond donors (Lipinski definition) is 1. The van der Waals surface area contributed by atoms with Crippen molar-refractivity contribution in [3.63, 3.8) is 0 Å². The molecule has 1 N–H and O–H groups in total. The van der Waals surface area contributed by atoms with E-state index in [1.54, 1.807) is 18.6 Å². The third kappa shape index (κ3) is 5.06. The van der Waals surface area contributed by atoms with E-state index >= 15 is 0 Å². The van der Waals surface area contributed by atoms with Crippen molar-refractivity contribution in [2.24, 2.45) is 0 Å². The van der Waals surface area contributed by atoms with E-state index in [4.69, 9.17) is 9.15 Å². The zero-order valence-corrected chi connectivity index (χ0v) is 19.0. The summed E-state index contributed by atoms with van der Waals surface area (Å²) in [6.45, 7) is 9.73. The molecule has 3 aromatic heterocycles. The molecule has 1 atom stereocenters. The Morgan fingerprint density at radius 1 is 1.39 bits per heavy atom. The lowest BCUT2D eigenvalue weighted by molar-refractivity contribution is 0.0889. The maximum Gasteiger partial charge on any atom is 0.255 e. The van der Waals surface area contributed by atoms with Gasteiger partial charge in [-0.2, -0.15) is 0 Å². The molecule has 0 aromatic carbocycles. The summed E-state index contributed by atoms with van der Waals surface area (Å²) in [6.07, 6.45) is 6.36. The number of oxazole rings is 1. The summed E-state index contributed by atoms with van der Waals surface area (Å²) in [5.41, 5.74) is 1.54. The SMILES string of the molecule is CC(NC(=O)c1cn(COCC[Si](C)(C)C)c2ncc(Br)nc12)c1ncco1. The van der Waals surface area contributed by atoms with Crippen LogP contribution in [-0.2, 0) is 11.5 Å². The van der Waals surface area contributed by atoms with E-state index in [0.717, 1.165) is 6.04 Å². The minimum absolute atomic E-state index is 0.274. The van der Waals surface area contributed by atoms with Crippen LogP contribution in [0.1, 0.15) is 29.2 Å². The molecule has 3 heterocycles. The zero-order valence-electron chi connectivity index (χ0n) is 16.4. The van der Waals surface area contributed by atoms with Gasteiger partial charge in [-0.15, -0.1) is 0 Å². The van der Waals surface area contributed by atoms with E-state index in [1.165, 1.54) is 6.26 Å². The highest BCUT2D eigenvalue weighted by Crippen LogP contribution is 2.21. The van der Waals surface area contributed by atoms with Gasteiger partial charge in [0.15, 0.2) is 5.65 Å². The van der Waals surface area contributed by atoms with E-state index in [-0.39, 0.29) is 11.9 Å². The summed E-state index contributed by atoms with van der Waals surface area (Å²) < 4.78 is 13.5. The van der Waals surface area contributed by atoms with Gasteiger partial charge in [0.2, 0.25) is 5.89 Å². The van der Waals surface area contributed by atoms with Gasteiger partial charge in [0, 0.05) is 20.9 Å². The second kappa shape index (κ2) is 8.54. The number of aromatic nitrogens is 4. The first-order valence-corrected chi connectivity index (χ1v) is 13.5. The molecule has 1 amide bonds. The molecule has 10 heteroatoms. The normalized spacial score (nSPS) is 13.0. The number of amides is 1. The number of rotatable bonds is 8. The van der Waals surface area contributed by atoms with Crippen LogP contribution < -0.4 is 5.32 Å². The van der Waals surface area contributed by atoms with E-state index < -0.39 is 8.07 Å². The van der Waals surface area contributed by atoms with Crippen LogP contribution in [0.4, 0.5) is 0 Å². The lowest BCUT2D eigenvalue weighted by Gasteiger charge is -2.15. The van der Waals surface area contributed by atoms with Crippen molar-refractivity contribution in [2.45, 2.75) is 45.4 Å². The smallest absolute Gasteiger partial charge is 0.255 e. The number of carbonyl (C=O) groups excluding carboxylic acids is 1. The van der Waals surface area contributed by atoms with Gasteiger partial charge in [0.1, 0.15) is 29.2 Å². The van der Waals surface area contributed by atoms with Crippen molar-refractivity contribution in [3.05, 3.63) is 40.9 Å². The molecule has 28 heavy (non-hydrogen) atoms. The number of nitrogens with one attached hydrogen (secondary N) is 1. The lowest BCUT2D eigenvalue weighted by atomic mass is 10.2. The highest BCUT2D eigenvalue weighted by molar-refractivity contribution is 9.10. The van der Waals surface area contributed by atoms with Gasteiger partial charge in [-0.05, 0) is 28.9 Å². The first-order chi connectivity index (χ1) is 13.2. The molecule has 0 aliphatic heterocycles. The average Bonchev–Trinajstić information content (AvgIpc) is 3.26. The fraction of sp³-hybridized carbons (Fsp3) is 0.444. The highest BCUT2D eigenvalue weighted by Gasteiger charge is 2.21. The van der Waals surface area contributed by atoms with Gasteiger partial charge in [0.25, 0.3) is 5.91 Å². The van der Waals surface area contributed by atoms with Gasteiger partial charge >= 0.3 is 0 Å². The van der Waals surface area contributed by atoms with Crippen molar-refractivity contribution in [1.29, 1.82) is 0 Å². The molecule has 0 aliphatic rings. The van der Waals surface area contributed by atoms with E-state index in [1.807, 2.05) is 11.5 Å². The maximum absolute atomic E-state index is 12.8. The van der Waals surface area contributed by atoms with Crippen LogP contribution in [0.5, 0.6) is 0 Å². The number of ether oxygens (including phenoxy) is 1. The largest absolute Gasteiger partial charge is 0.447 e. The summed E-state index contributed by atoms with van der Waals surface area (Å²) in [5.74, 6) is 0.169. The minimum atomic E-state index is -1.16. The fourth-order valence-electron chi connectivity index (χ4n) is 2.62. The third-order valence-corrected chi connectivity index (χ3v) is 6.26. The molecule has 150 valence electrons. The van der Waals surface area contributed by atoms with Crippen LogP contribution in [0, 0.1) is 0 Å². The van der Waals surface area contributed by atoms with Crippen LogP contribution in [-0.4, -0.2) is 40.1 Å². The second-order valence-corrected chi connectivity index (χ2v) is 14.2. The van der Waals surface area contributed by atoms with Crippen LogP contribution in [0.3, 0.4) is 0 Å². The van der Waals surface area contributed by atoms with Crippen molar-refractivity contribution in [3.8, 4) is 0 Å². The predicted molar refractivity (Wildman–Crippen MR) is 112 cm³/mol. The topological polar surface area (TPSA) is 95.1 Å². The molecule has 8 nitrogen and oxygen atoms in total. The Labute approximate surface area is 172 Å². The average molecular weight is 466 g/mol. The number of hydrogen-bond acceptors (Lipinski definition) is 6. The molecule has 0 spiro atoms. The third-order valence-electron chi connectivity index (χ3n) is 4.18. The summed E-state index contributed by atoms with van der Waals surface area (Å²) in [6, 6.07) is 0.707. The Bertz CT molecular complexity index is 952. The van der Waals surface area contributed by atoms with Crippen LogP contribution >= 0.6 is 15.9 Å². The number of fused-ring (bicyclic) bond motifs is 1. The molecule has 1 unspecified atom stereocenters. The Morgan fingerprint density at radius 3 is 2.86 bits per heavy atom. The summed E-state index contributed by atoms with van der Waals surface area (Å²) in [7, 11) is -1.16. The molecule has 3 rings (SSSR count). The Hall–Kier alpha value is -2.04. The Morgan fingerprint density at radius 2 is 2.18 bits per heavy atom. The van der Waals surface area contributed by atoms with Crippen molar-refractivity contribution >= 4 is 41.1 Å². The van der Waals surface area contributed by atoms with Gasteiger partial charge in [-0.1, -0.05) is 19.6 Å². The van der Waals surface area contributed by atoms with Crippen molar-refractivity contribution in [1.82, 2.24) is 24.8 Å². The fourth-order valence-corrected chi connectivity index (χ4v) is 3.66. The van der Waals surface area contributed by atoms with E-state index in [2.05, 4.69) is 55.8 Å². The van der Waals surface area contributed by atoms with Crippen molar-refractivity contribution < 1.29 is 13.9 Å². The zero-order chi connectivity index (χ0) is 20.3. The lowest BCUT2D eigenvalue weighted by Crippen LogP contribution is -2.26. The van der Waals surface area contributed by atoms with Crippen LogP contribution in [0.25, 0.3) is 11.2 Å². The van der Waals surface area contributed by atoms with Gasteiger partial charge in [-0.3, -0.25) is 4.79 Å². The molecule has 0 bridgehead atoms.